The summed E-state index contributed by atoms with van der Waals surface area (Å²) in [6.07, 6.45) is 0. The first-order valence-electron chi connectivity index (χ1n) is 7.85. The van der Waals surface area contributed by atoms with E-state index in [4.69, 9.17) is 4.74 Å². The van der Waals surface area contributed by atoms with Crippen LogP contribution < -0.4 is 10.4 Å². The highest BCUT2D eigenvalue weighted by molar-refractivity contribution is 6.90. The highest BCUT2D eigenvalue weighted by Gasteiger charge is 2.40. The Morgan fingerprint density at radius 3 is 1.67 bits per heavy atom. The number of hydrogen-bond acceptors (Lipinski definition) is 3. The van der Waals surface area contributed by atoms with Crippen molar-refractivity contribution < 1.29 is 19.4 Å². The molecule has 1 atom stereocenters. The molecule has 0 saturated heterocycles. The lowest BCUT2D eigenvalue weighted by molar-refractivity contribution is -0.159. The third kappa shape index (κ3) is 4.55. The van der Waals surface area contributed by atoms with Gasteiger partial charge in [-0.2, -0.15) is 0 Å². The number of hydrogen-bond donors (Lipinski definition) is 1. The first-order valence-corrected chi connectivity index (χ1v) is 9.67. The molecule has 0 amide bonds. The fourth-order valence-electron chi connectivity index (χ4n) is 2.64. The average Bonchev–Trinajstić information content (AvgIpc) is 2.52. The van der Waals surface area contributed by atoms with E-state index in [0.29, 0.717) is 0 Å². The van der Waals surface area contributed by atoms with Gasteiger partial charge in [0.2, 0.25) is 0 Å². The van der Waals surface area contributed by atoms with E-state index in [0.717, 1.165) is 10.4 Å². The molecule has 1 N–H and O–H groups in total. The van der Waals surface area contributed by atoms with Crippen molar-refractivity contribution in [2.24, 2.45) is 0 Å². The molecule has 2 aromatic carbocycles. The van der Waals surface area contributed by atoms with Crippen LogP contribution in [0.5, 0.6) is 0 Å². The van der Waals surface area contributed by atoms with Crippen molar-refractivity contribution in [3.8, 4) is 0 Å². The molecule has 2 rings (SSSR count). The minimum Gasteiger partial charge on any atom is -0.481 e. The van der Waals surface area contributed by atoms with Crippen LogP contribution in [0.3, 0.4) is 0 Å². The Morgan fingerprint density at radius 2 is 1.33 bits per heavy atom. The third-order valence-corrected chi connectivity index (χ3v) is 7.01. The maximum absolute atomic E-state index is 12.6. The van der Waals surface area contributed by atoms with E-state index in [-0.39, 0.29) is 0 Å². The highest BCUT2D eigenvalue weighted by Crippen LogP contribution is 2.19. The van der Waals surface area contributed by atoms with Crippen LogP contribution >= 0.6 is 0 Å². The Bertz CT molecular complexity index is 653. The lowest BCUT2D eigenvalue weighted by atomic mass is 10.2. The van der Waals surface area contributed by atoms with Gasteiger partial charge in [0, 0.05) is 0 Å². The van der Waals surface area contributed by atoms with E-state index in [1.807, 2.05) is 60.7 Å². The number of carbonyl (C=O) groups excluding carboxylic acids is 1. The van der Waals surface area contributed by atoms with E-state index in [1.54, 1.807) is 20.8 Å². The number of carboxylic acid groups (broad SMARTS) is 1. The molecular weight excluding hydrogens is 320 g/mol. The molecule has 5 heteroatoms. The molecule has 4 nitrogen and oxygen atoms in total. The second-order valence-corrected chi connectivity index (χ2v) is 9.60. The molecular formula is C19H22O4Si. The summed E-state index contributed by atoms with van der Waals surface area (Å²) in [7, 11) is -2.34. The molecule has 0 aliphatic carbocycles. The quantitative estimate of drug-likeness (QED) is 0.511. The summed E-state index contributed by atoms with van der Waals surface area (Å²) in [5.74, 6) is -1.80. The predicted octanol–water partition coefficient (Wildman–Crippen LogP) is 1.82. The molecule has 0 fully saturated rings. The normalized spacial score (nSPS) is 12.7. The van der Waals surface area contributed by atoms with Crippen LogP contribution in [0.1, 0.15) is 20.8 Å². The maximum Gasteiger partial charge on any atom is 0.318 e. The van der Waals surface area contributed by atoms with E-state index in [2.05, 4.69) is 0 Å². The summed E-state index contributed by atoms with van der Waals surface area (Å²) < 4.78 is 5.40. The Labute approximate surface area is 143 Å². The van der Waals surface area contributed by atoms with Crippen molar-refractivity contribution in [2.45, 2.75) is 31.9 Å². The van der Waals surface area contributed by atoms with Crippen LogP contribution in [0.15, 0.2) is 60.7 Å². The Morgan fingerprint density at radius 1 is 0.917 bits per heavy atom. The Hall–Kier alpha value is -2.40. The van der Waals surface area contributed by atoms with Crippen molar-refractivity contribution in [3.05, 3.63) is 60.7 Å². The monoisotopic (exact) mass is 342 g/mol. The molecule has 24 heavy (non-hydrogen) atoms. The van der Waals surface area contributed by atoms with Crippen molar-refractivity contribution in [2.75, 3.05) is 0 Å². The second-order valence-electron chi connectivity index (χ2n) is 6.65. The van der Waals surface area contributed by atoms with Crippen molar-refractivity contribution >= 4 is 31.1 Å². The zero-order valence-corrected chi connectivity index (χ0v) is 15.3. The molecule has 0 aliphatic heterocycles. The number of benzene rings is 2. The zero-order chi connectivity index (χ0) is 17.7. The molecule has 126 valence electrons. The number of ether oxygens (including phenoxy) is 1. The van der Waals surface area contributed by atoms with Crippen LogP contribution in [0.25, 0.3) is 0 Å². The fourth-order valence-corrected chi connectivity index (χ4v) is 5.70. The van der Waals surface area contributed by atoms with Gasteiger partial charge in [0.05, 0.1) is 0 Å². The van der Waals surface area contributed by atoms with Gasteiger partial charge in [0.15, 0.2) is 5.54 Å². The van der Waals surface area contributed by atoms with Crippen LogP contribution in [-0.2, 0) is 14.3 Å². The summed E-state index contributed by atoms with van der Waals surface area (Å²) in [6, 6.07) is 18.8. The van der Waals surface area contributed by atoms with E-state index < -0.39 is 31.9 Å². The number of esters is 1. The molecule has 2 aromatic rings. The smallest absolute Gasteiger partial charge is 0.318 e. The molecule has 0 aliphatic rings. The lowest BCUT2D eigenvalue weighted by Gasteiger charge is -2.26. The van der Waals surface area contributed by atoms with Crippen LogP contribution in [0.2, 0.25) is 5.54 Å². The van der Waals surface area contributed by atoms with E-state index in [1.165, 1.54) is 0 Å². The number of rotatable bonds is 5. The molecule has 1 unspecified atom stereocenters. The first kappa shape index (κ1) is 17.9. The van der Waals surface area contributed by atoms with Crippen molar-refractivity contribution in [1.82, 2.24) is 0 Å². The average molecular weight is 342 g/mol. The van der Waals surface area contributed by atoms with E-state index >= 15 is 0 Å². The van der Waals surface area contributed by atoms with Gasteiger partial charge in [0.1, 0.15) is 14.4 Å². The van der Waals surface area contributed by atoms with Gasteiger partial charge in [-0.05, 0) is 20.8 Å². The van der Waals surface area contributed by atoms with Gasteiger partial charge in [0.25, 0.3) is 0 Å². The first-order chi connectivity index (χ1) is 11.3. The summed E-state index contributed by atoms with van der Waals surface area (Å²) in [5.41, 5.74) is -1.90. The summed E-state index contributed by atoms with van der Waals surface area (Å²) in [6.45, 7) is 5.22. The van der Waals surface area contributed by atoms with Gasteiger partial charge < -0.3 is 9.84 Å². The zero-order valence-electron chi connectivity index (χ0n) is 14.1. The van der Waals surface area contributed by atoms with Crippen molar-refractivity contribution in [1.29, 1.82) is 0 Å². The Kier molecular flexibility index (Phi) is 5.57. The highest BCUT2D eigenvalue weighted by atomic mass is 28.3. The number of aliphatic carboxylic acids is 1. The molecule has 0 spiro atoms. The minimum absolute atomic E-state index is 0.667. The largest absolute Gasteiger partial charge is 0.481 e. The summed E-state index contributed by atoms with van der Waals surface area (Å²) in [4.78, 5) is 24.6. The van der Waals surface area contributed by atoms with Gasteiger partial charge in [-0.1, -0.05) is 71.0 Å². The molecule has 0 radical (unpaired) electrons. The molecule has 0 saturated carbocycles. The summed E-state index contributed by atoms with van der Waals surface area (Å²) >= 11 is 0. The third-order valence-electron chi connectivity index (χ3n) is 3.58. The minimum atomic E-state index is -2.34. The number of carbonyl (C=O) groups is 2. The van der Waals surface area contributed by atoms with Crippen LogP contribution in [0.4, 0.5) is 0 Å². The van der Waals surface area contributed by atoms with Crippen LogP contribution in [-0.4, -0.2) is 31.4 Å². The van der Waals surface area contributed by atoms with Gasteiger partial charge >= 0.3 is 11.9 Å². The molecule has 0 aromatic heterocycles. The molecule has 0 heterocycles. The van der Waals surface area contributed by atoms with Gasteiger partial charge in [-0.3, -0.25) is 9.59 Å². The van der Waals surface area contributed by atoms with Gasteiger partial charge in [-0.15, -0.1) is 0 Å². The van der Waals surface area contributed by atoms with Crippen molar-refractivity contribution in [3.63, 3.8) is 0 Å². The van der Waals surface area contributed by atoms with Crippen LogP contribution in [0, 0.1) is 0 Å². The predicted molar refractivity (Wildman–Crippen MR) is 96.5 cm³/mol. The summed E-state index contributed by atoms with van der Waals surface area (Å²) in [5, 5.41) is 11.6. The topological polar surface area (TPSA) is 63.6 Å². The number of carboxylic acids is 1. The fraction of sp³-hybridized carbons (Fsp3) is 0.263. The van der Waals surface area contributed by atoms with Gasteiger partial charge in [-0.25, -0.2) is 0 Å². The second kappa shape index (κ2) is 7.44. The lowest BCUT2D eigenvalue weighted by Crippen LogP contribution is -2.52. The standard InChI is InChI=1S/C19H22O4Si/c1-19(2,3)23-18(22)16(17(20)21)24(14-10-6-4-7-11-14)15-12-8-5-9-13-15/h4-13,16,24H,1-3H3,(H,20,21). The SMILES string of the molecule is CC(C)(C)OC(=O)C(C(=O)O)[SiH](c1ccccc1)c1ccccc1. The molecule has 0 bridgehead atoms. The van der Waals surface area contributed by atoms with E-state index in [9.17, 15) is 14.7 Å². The Balaban J connectivity index is 2.51. The maximum atomic E-state index is 12.6.